The number of aromatic nitrogens is 2. The number of hydrogen-bond acceptors (Lipinski definition) is 5. The summed E-state index contributed by atoms with van der Waals surface area (Å²) in [4.78, 5) is 23.4. The zero-order valence-electron chi connectivity index (χ0n) is 19.7. The second-order valence-corrected chi connectivity index (χ2v) is 12.0. The Morgan fingerprint density at radius 2 is 1.53 bits per heavy atom. The van der Waals surface area contributed by atoms with Crippen LogP contribution in [0.2, 0.25) is 0 Å². The zero-order valence-corrected chi connectivity index (χ0v) is 21.3. The summed E-state index contributed by atoms with van der Waals surface area (Å²) in [6.07, 6.45) is 0.475. The smallest absolute Gasteiger partial charge is 0.233 e. The lowest BCUT2D eigenvalue weighted by Crippen LogP contribution is -2.41. The zero-order chi connectivity index (χ0) is 25.0. The summed E-state index contributed by atoms with van der Waals surface area (Å²) in [5.74, 6) is 0.222. The summed E-state index contributed by atoms with van der Waals surface area (Å²) in [5.41, 5.74) is 4.73. The molecule has 4 aromatic rings. The Balaban J connectivity index is 1.38. The van der Waals surface area contributed by atoms with Gasteiger partial charge in [-0.25, -0.2) is 13.4 Å². The van der Waals surface area contributed by atoms with E-state index in [0.29, 0.717) is 18.1 Å². The molecule has 0 radical (unpaired) electrons. The number of carbonyl (C=O) groups excluding carboxylic acids is 1. The molecule has 8 heteroatoms. The number of rotatable bonds is 8. The maximum atomic E-state index is 13.4. The van der Waals surface area contributed by atoms with Gasteiger partial charge >= 0.3 is 0 Å². The highest BCUT2D eigenvalue weighted by Gasteiger charge is 2.34. The Labute approximate surface area is 215 Å². The Bertz CT molecular complexity index is 1370. The van der Waals surface area contributed by atoms with Gasteiger partial charge in [-0.2, -0.15) is 0 Å². The quantitative estimate of drug-likeness (QED) is 0.331. The van der Waals surface area contributed by atoms with Gasteiger partial charge < -0.3 is 9.88 Å². The molecule has 1 aliphatic heterocycles. The molecule has 0 unspecified atom stereocenters. The van der Waals surface area contributed by atoms with Crippen molar-refractivity contribution in [3.05, 3.63) is 96.6 Å². The minimum Gasteiger partial charge on any atom is -0.334 e. The van der Waals surface area contributed by atoms with Crippen molar-refractivity contribution in [2.45, 2.75) is 24.2 Å². The molecule has 1 fully saturated rings. The van der Waals surface area contributed by atoms with Gasteiger partial charge in [0.25, 0.3) is 0 Å². The van der Waals surface area contributed by atoms with Gasteiger partial charge in [0.05, 0.1) is 28.6 Å². The van der Waals surface area contributed by atoms with Gasteiger partial charge in [0.15, 0.2) is 15.0 Å². The fraction of sp³-hybridized carbons (Fsp3) is 0.214. The molecule has 0 spiro atoms. The summed E-state index contributed by atoms with van der Waals surface area (Å²) in [5, 5.41) is 0.653. The summed E-state index contributed by atoms with van der Waals surface area (Å²) in [6, 6.07) is 29.4. The van der Waals surface area contributed by atoms with Crippen LogP contribution in [0, 0.1) is 0 Å². The number of carbonyl (C=O) groups is 1. The van der Waals surface area contributed by atoms with E-state index in [1.807, 2.05) is 91.0 Å². The maximum Gasteiger partial charge on any atom is 0.233 e. The number of imidazole rings is 1. The lowest BCUT2D eigenvalue weighted by Gasteiger charge is -2.28. The molecular weight excluding hydrogens is 490 g/mol. The average Bonchev–Trinajstić information content (AvgIpc) is 3.50. The highest BCUT2D eigenvalue weighted by molar-refractivity contribution is 7.99. The number of benzene rings is 3. The highest BCUT2D eigenvalue weighted by Crippen LogP contribution is 2.33. The van der Waals surface area contributed by atoms with Gasteiger partial charge in [-0.1, -0.05) is 103 Å². The number of thioether (sulfide) groups is 1. The van der Waals surface area contributed by atoms with Crippen molar-refractivity contribution in [2.75, 3.05) is 17.3 Å². The van der Waals surface area contributed by atoms with Crippen molar-refractivity contribution in [1.82, 2.24) is 14.9 Å². The fourth-order valence-corrected chi connectivity index (χ4v) is 6.96. The molecule has 0 saturated carbocycles. The van der Waals surface area contributed by atoms with Crippen LogP contribution in [0.25, 0.3) is 22.5 Å². The number of sulfone groups is 1. The first-order chi connectivity index (χ1) is 17.5. The van der Waals surface area contributed by atoms with Crippen LogP contribution in [0.3, 0.4) is 0 Å². The van der Waals surface area contributed by atoms with Gasteiger partial charge in [0, 0.05) is 23.7 Å². The molecule has 1 saturated heterocycles. The van der Waals surface area contributed by atoms with E-state index in [-0.39, 0.29) is 29.2 Å². The predicted molar refractivity (Wildman–Crippen MR) is 144 cm³/mol. The molecule has 6 nitrogen and oxygen atoms in total. The van der Waals surface area contributed by atoms with Crippen molar-refractivity contribution in [2.24, 2.45) is 0 Å². The van der Waals surface area contributed by atoms with Crippen LogP contribution < -0.4 is 0 Å². The number of nitrogens with one attached hydrogen (secondary N) is 1. The molecule has 5 rings (SSSR count). The van der Waals surface area contributed by atoms with Crippen LogP contribution in [0.15, 0.2) is 96.2 Å². The van der Waals surface area contributed by atoms with Crippen LogP contribution >= 0.6 is 11.8 Å². The Morgan fingerprint density at radius 1 is 0.917 bits per heavy atom. The lowest BCUT2D eigenvalue weighted by atomic mass is 10.1. The first-order valence-electron chi connectivity index (χ1n) is 11.9. The second kappa shape index (κ2) is 10.7. The molecule has 0 aliphatic carbocycles. The van der Waals surface area contributed by atoms with Crippen LogP contribution in [0.5, 0.6) is 0 Å². The molecule has 184 valence electrons. The van der Waals surface area contributed by atoms with Crippen molar-refractivity contribution in [1.29, 1.82) is 0 Å². The van der Waals surface area contributed by atoms with Crippen molar-refractivity contribution in [3.8, 4) is 22.5 Å². The predicted octanol–water partition coefficient (Wildman–Crippen LogP) is 5.05. The monoisotopic (exact) mass is 517 g/mol. The van der Waals surface area contributed by atoms with E-state index in [2.05, 4.69) is 4.98 Å². The third-order valence-corrected chi connectivity index (χ3v) is 8.90. The molecule has 1 amide bonds. The van der Waals surface area contributed by atoms with Gasteiger partial charge in [0.2, 0.25) is 5.91 Å². The van der Waals surface area contributed by atoms with E-state index in [1.54, 1.807) is 4.90 Å². The topological polar surface area (TPSA) is 83.1 Å². The van der Waals surface area contributed by atoms with E-state index in [4.69, 9.17) is 4.98 Å². The molecule has 1 aliphatic rings. The Kier molecular flexibility index (Phi) is 7.25. The summed E-state index contributed by atoms with van der Waals surface area (Å²) in [7, 11) is -3.12. The molecule has 2 heterocycles. The molecule has 36 heavy (non-hydrogen) atoms. The second-order valence-electron chi connectivity index (χ2n) is 8.85. The Hall–Kier alpha value is -3.36. The van der Waals surface area contributed by atoms with E-state index in [9.17, 15) is 13.2 Å². The third-order valence-electron chi connectivity index (χ3n) is 6.29. The normalized spacial score (nSPS) is 16.6. The summed E-state index contributed by atoms with van der Waals surface area (Å²) < 4.78 is 24.3. The molecule has 1 aromatic heterocycles. The average molecular weight is 518 g/mol. The van der Waals surface area contributed by atoms with Crippen molar-refractivity contribution in [3.63, 3.8) is 0 Å². The number of hydrogen-bond donors (Lipinski definition) is 1. The molecule has 0 bridgehead atoms. The number of aromatic amines is 1. The molecule has 3 aromatic carbocycles. The standard InChI is InChI=1S/C28H27N3O3S2/c32-25(31(18-21-10-4-1-5-11-21)24-16-17-36(33,34)20-24)19-35-28-29-26(22-12-6-2-7-13-22)27(30-28)23-14-8-3-9-15-23/h1-15,24H,16-20H2,(H,29,30)/t24-/m1/s1. The third kappa shape index (κ3) is 5.71. The van der Waals surface area contributed by atoms with E-state index in [1.165, 1.54) is 11.8 Å². The Morgan fingerprint density at radius 3 is 2.14 bits per heavy atom. The van der Waals surface area contributed by atoms with Crippen molar-refractivity contribution < 1.29 is 13.2 Å². The number of amides is 1. The van der Waals surface area contributed by atoms with Gasteiger partial charge in [-0.05, 0) is 12.0 Å². The SMILES string of the molecule is O=C(CSc1nc(-c2ccccc2)c(-c2ccccc2)[nH]1)N(Cc1ccccc1)[C@@H]1CCS(=O)(=O)C1. The maximum absolute atomic E-state index is 13.4. The first kappa shape index (κ1) is 24.3. The summed E-state index contributed by atoms with van der Waals surface area (Å²) >= 11 is 1.34. The molecular formula is C28H27N3O3S2. The van der Waals surface area contributed by atoms with Crippen LogP contribution in [-0.2, 0) is 21.2 Å². The van der Waals surface area contributed by atoms with Crippen LogP contribution in [0.4, 0.5) is 0 Å². The highest BCUT2D eigenvalue weighted by atomic mass is 32.2. The fourth-order valence-electron chi connectivity index (χ4n) is 4.47. The lowest BCUT2D eigenvalue weighted by molar-refractivity contribution is -0.130. The van der Waals surface area contributed by atoms with Gasteiger partial charge in [0.1, 0.15) is 0 Å². The van der Waals surface area contributed by atoms with Gasteiger partial charge in [-0.15, -0.1) is 0 Å². The van der Waals surface area contributed by atoms with Gasteiger partial charge in [-0.3, -0.25) is 4.79 Å². The minimum atomic E-state index is -3.12. The number of nitrogens with zero attached hydrogens (tertiary/aromatic N) is 2. The van der Waals surface area contributed by atoms with Crippen molar-refractivity contribution >= 4 is 27.5 Å². The largest absolute Gasteiger partial charge is 0.334 e. The van der Waals surface area contributed by atoms with E-state index >= 15 is 0 Å². The first-order valence-corrected chi connectivity index (χ1v) is 14.7. The molecule has 1 atom stereocenters. The number of H-pyrrole nitrogens is 1. The molecule has 1 N–H and O–H groups in total. The van der Waals surface area contributed by atoms with Crippen LogP contribution in [0.1, 0.15) is 12.0 Å². The van der Waals surface area contributed by atoms with Crippen LogP contribution in [-0.4, -0.2) is 52.5 Å². The minimum absolute atomic E-state index is 0.0211. The van der Waals surface area contributed by atoms with E-state index < -0.39 is 9.84 Å². The summed E-state index contributed by atoms with van der Waals surface area (Å²) in [6.45, 7) is 0.392. The van der Waals surface area contributed by atoms with E-state index in [0.717, 1.165) is 28.1 Å².